The van der Waals surface area contributed by atoms with Crippen LogP contribution in [0.1, 0.15) is 27.7 Å². The Balaban J connectivity index is 1.72. The van der Waals surface area contributed by atoms with Crippen LogP contribution in [0.25, 0.3) is 0 Å². The third kappa shape index (κ3) is 1.80. The summed E-state index contributed by atoms with van der Waals surface area (Å²) in [5.41, 5.74) is 0. The molecule has 112 valence electrons. The minimum absolute atomic E-state index is 0.140. The summed E-state index contributed by atoms with van der Waals surface area (Å²) in [4.78, 5) is 0. The fourth-order valence-corrected chi connectivity index (χ4v) is 3.77. The fourth-order valence-electron chi connectivity index (χ4n) is 3.54. The molecule has 1 saturated carbocycles. The fraction of sp³-hybridized carbons (Fsp3) is 0.923. The Labute approximate surface area is 122 Å². The van der Waals surface area contributed by atoms with E-state index in [1.807, 2.05) is 27.7 Å². The smallest absolute Gasteiger partial charge is 0.353 e. The molecule has 3 saturated heterocycles. The van der Waals surface area contributed by atoms with Gasteiger partial charge < -0.3 is 28.4 Å². The van der Waals surface area contributed by atoms with Crippen molar-refractivity contribution in [1.29, 1.82) is 0 Å². The van der Waals surface area contributed by atoms with E-state index in [-0.39, 0.29) is 41.9 Å². The molecule has 0 aromatic rings. The van der Waals surface area contributed by atoms with Crippen molar-refractivity contribution in [2.75, 3.05) is 0 Å². The summed E-state index contributed by atoms with van der Waals surface area (Å²) in [7, 11) is 0. The average Bonchev–Trinajstić information content (AvgIpc) is 2.90. The van der Waals surface area contributed by atoms with Crippen LogP contribution in [0.15, 0.2) is 0 Å². The molecule has 0 N–H and O–H groups in total. The highest BCUT2D eigenvalue weighted by Gasteiger charge is 2.67. The highest BCUT2D eigenvalue weighted by atomic mass is 32.1. The quantitative estimate of drug-likeness (QED) is 0.621. The summed E-state index contributed by atoms with van der Waals surface area (Å²) in [6.45, 7) is 7.52. The molecule has 0 aromatic carbocycles. The van der Waals surface area contributed by atoms with Gasteiger partial charge in [0.2, 0.25) is 0 Å². The molecule has 4 aliphatic rings. The van der Waals surface area contributed by atoms with Crippen molar-refractivity contribution in [2.45, 2.75) is 75.9 Å². The van der Waals surface area contributed by atoms with Gasteiger partial charge in [0.05, 0.1) is 0 Å². The molecule has 1 aliphatic carbocycles. The maximum atomic E-state index is 6.00. The Morgan fingerprint density at radius 2 is 0.950 bits per heavy atom. The Hall–Kier alpha value is -0.470. The molecule has 0 bridgehead atoms. The van der Waals surface area contributed by atoms with Crippen molar-refractivity contribution in [3.05, 3.63) is 0 Å². The number of thiocarbonyl (C=S) groups is 1. The summed E-state index contributed by atoms with van der Waals surface area (Å²) in [6, 6.07) is 0. The van der Waals surface area contributed by atoms with E-state index in [4.69, 9.17) is 40.6 Å². The molecule has 0 radical (unpaired) electrons. The molecule has 6 nitrogen and oxygen atoms in total. The van der Waals surface area contributed by atoms with Gasteiger partial charge in [0.15, 0.2) is 23.8 Å². The van der Waals surface area contributed by atoms with Crippen LogP contribution in [0.4, 0.5) is 0 Å². The Morgan fingerprint density at radius 1 is 0.650 bits per heavy atom. The van der Waals surface area contributed by atoms with Crippen molar-refractivity contribution in [1.82, 2.24) is 0 Å². The first-order chi connectivity index (χ1) is 9.26. The van der Waals surface area contributed by atoms with Crippen molar-refractivity contribution in [3.63, 3.8) is 0 Å². The van der Waals surface area contributed by atoms with Crippen molar-refractivity contribution >= 4 is 17.5 Å². The van der Waals surface area contributed by atoms with E-state index in [1.54, 1.807) is 0 Å². The topological polar surface area (TPSA) is 55.4 Å². The molecule has 0 aromatic heterocycles. The van der Waals surface area contributed by atoms with Gasteiger partial charge in [-0.2, -0.15) is 0 Å². The van der Waals surface area contributed by atoms with Crippen LogP contribution < -0.4 is 0 Å². The summed E-state index contributed by atoms with van der Waals surface area (Å²) in [6.07, 6.45) is -1.66. The van der Waals surface area contributed by atoms with Gasteiger partial charge in [0.1, 0.15) is 24.4 Å². The maximum Gasteiger partial charge on any atom is 0.353 e. The van der Waals surface area contributed by atoms with E-state index >= 15 is 0 Å². The first kappa shape index (κ1) is 13.2. The molecular weight excluding hydrogens is 284 g/mol. The Morgan fingerprint density at radius 3 is 1.30 bits per heavy atom. The van der Waals surface area contributed by atoms with E-state index in [1.165, 1.54) is 0 Å². The van der Waals surface area contributed by atoms with Crippen LogP contribution in [0, 0.1) is 0 Å². The van der Waals surface area contributed by atoms with Gasteiger partial charge in [0, 0.05) is 12.2 Å². The zero-order valence-corrected chi connectivity index (χ0v) is 12.6. The summed E-state index contributed by atoms with van der Waals surface area (Å²) in [5.74, 6) is -1.36. The molecule has 0 spiro atoms. The monoisotopic (exact) mass is 302 g/mol. The maximum absolute atomic E-state index is 6.00. The van der Waals surface area contributed by atoms with Gasteiger partial charge in [-0.3, -0.25) is 0 Å². The van der Waals surface area contributed by atoms with E-state index < -0.39 is 11.6 Å². The van der Waals surface area contributed by atoms with Crippen LogP contribution in [-0.2, 0) is 28.4 Å². The second kappa shape index (κ2) is 3.84. The van der Waals surface area contributed by atoms with Crippen molar-refractivity contribution in [3.8, 4) is 0 Å². The summed E-state index contributed by atoms with van der Waals surface area (Å²) in [5, 5.41) is 0.140. The minimum Gasteiger partial charge on any atom is -0.447 e. The summed E-state index contributed by atoms with van der Waals surface area (Å²) < 4.78 is 35.2. The first-order valence-corrected chi connectivity index (χ1v) is 7.25. The Kier molecular flexibility index (Phi) is 2.53. The van der Waals surface area contributed by atoms with Gasteiger partial charge in [-0.25, -0.2) is 0 Å². The van der Waals surface area contributed by atoms with Crippen LogP contribution in [-0.4, -0.2) is 53.4 Å². The zero-order chi connectivity index (χ0) is 14.3. The molecule has 2 unspecified atom stereocenters. The van der Waals surface area contributed by atoms with Crippen LogP contribution in [0.3, 0.4) is 0 Å². The Bertz CT molecular complexity index is 424. The minimum atomic E-state index is -0.682. The second-order valence-corrected chi connectivity index (χ2v) is 6.88. The molecular formula is C13H18O6S. The van der Waals surface area contributed by atoms with Gasteiger partial charge in [-0.15, -0.1) is 0 Å². The van der Waals surface area contributed by atoms with E-state index in [0.717, 1.165) is 0 Å². The number of ether oxygens (including phenoxy) is 6. The third-order valence-electron chi connectivity index (χ3n) is 4.09. The lowest BCUT2D eigenvalue weighted by atomic mass is 9.85. The molecule has 7 heteroatoms. The largest absolute Gasteiger partial charge is 0.447 e. The number of rotatable bonds is 0. The van der Waals surface area contributed by atoms with Crippen LogP contribution in [0.2, 0.25) is 0 Å². The number of hydrogen-bond acceptors (Lipinski definition) is 7. The van der Waals surface area contributed by atoms with E-state index in [2.05, 4.69) is 0 Å². The van der Waals surface area contributed by atoms with Crippen LogP contribution in [0.5, 0.6) is 0 Å². The van der Waals surface area contributed by atoms with Crippen molar-refractivity contribution in [2.24, 2.45) is 0 Å². The molecule has 0 amide bonds. The first-order valence-electron chi connectivity index (χ1n) is 6.84. The average molecular weight is 302 g/mol. The van der Waals surface area contributed by atoms with Gasteiger partial charge >= 0.3 is 5.24 Å². The molecule has 3 aliphatic heterocycles. The molecule has 20 heavy (non-hydrogen) atoms. The lowest BCUT2D eigenvalue weighted by molar-refractivity contribution is -0.178. The standard InChI is InChI=1S/C13H18O6S/c1-12(2)16-7-5-6(15-11(20)14-5)8-10(9(7)18-12)19-13(3,4)17-8/h5-10H,1-4H3/t5?,6?,7-,8+,9-,10-/m0/s1. The molecule has 3 heterocycles. The van der Waals surface area contributed by atoms with Gasteiger partial charge in [-0.05, 0) is 27.7 Å². The lowest BCUT2D eigenvalue weighted by Crippen LogP contribution is -2.60. The number of hydrogen-bond donors (Lipinski definition) is 0. The van der Waals surface area contributed by atoms with E-state index in [0.29, 0.717) is 0 Å². The number of fused-ring (bicyclic) bond motifs is 6. The third-order valence-corrected chi connectivity index (χ3v) is 4.28. The van der Waals surface area contributed by atoms with Crippen molar-refractivity contribution < 1.29 is 28.4 Å². The predicted molar refractivity (Wildman–Crippen MR) is 70.0 cm³/mol. The highest BCUT2D eigenvalue weighted by molar-refractivity contribution is 7.79. The molecule has 6 atom stereocenters. The normalized spacial score (nSPS) is 50.9. The highest BCUT2D eigenvalue weighted by Crippen LogP contribution is 2.47. The lowest BCUT2D eigenvalue weighted by Gasteiger charge is -2.36. The summed E-state index contributed by atoms with van der Waals surface area (Å²) >= 11 is 5.03. The molecule has 4 rings (SSSR count). The SMILES string of the molecule is CC1(C)O[C@@H]2[C@H]3OC(C)(C)O[C@H]3C3OC(=S)OC3[C@H]2O1. The second-order valence-electron chi connectivity index (χ2n) is 6.54. The zero-order valence-electron chi connectivity index (χ0n) is 11.8. The van der Waals surface area contributed by atoms with Gasteiger partial charge in [-0.1, -0.05) is 0 Å². The molecule has 4 fully saturated rings. The van der Waals surface area contributed by atoms with E-state index in [9.17, 15) is 0 Å². The van der Waals surface area contributed by atoms with Crippen LogP contribution >= 0.6 is 12.2 Å². The van der Waals surface area contributed by atoms with Gasteiger partial charge in [0.25, 0.3) is 0 Å². The predicted octanol–water partition coefficient (Wildman–Crippen LogP) is 1.11.